The molecule has 0 unspecified atom stereocenters. The number of amides is 1. The van der Waals surface area contributed by atoms with Crippen LogP contribution in [-0.2, 0) is 6.42 Å². The van der Waals surface area contributed by atoms with Crippen LogP contribution in [0.5, 0.6) is 0 Å². The Morgan fingerprint density at radius 2 is 1.96 bits per heavy atom. The first kappa shape index (κ1) is 15.9. The number of nitrogens with zero attached hydrogens (tertiary/aromatic N) is 2. The lowest BCUT2D eigenvalue weighted by atomic mass is 10.1. The maximum Gasteiger partial charge on any atom is 0.273 e. The van der Waals surface area contributed by atoms with Crippen molar-refractivity contribution in [3.63, 3.8) is 0 Å². The summed E-state index contributed by atoms with van der Waals surface area (Å²) in [6.45, 7) is 0.531. The molecule has 1 aromatic carbocycles. The van der Waals surface area contributed by atoms with Crippen molar-refractivity contribution >= 4 is 11.6 Å². The quantitative estimate of drug-likeness (QED) is 0.754. The third-order valence-electron chi connectivity index (χ3n) is 3.66. The Morgan fingerprint density at radius 1 is 1.17 bits per heavy atom. The van der Waals surface area contributed by atoms with Gasteiger partial charge in [0.05, 0.1) is 6.26 Å². The molecule has 0 atom stereocenters. The summed E-state index contributed by atoms with van der Waals surface area (Å²) in [5, 5.41) is 6.62. The van der Waals surface area contributed by atoms with Crippen LogP contribution in [0.25, 0.3) is 11.5 Å². The molecule has 0 saturated heterocycles. The van der Waals surface area contributed by atoms with E-state index in [2.05, 4.69) is 34.7 Å². The van der Waals surface area contributed by atoms with E-state index in [1.807, 2.05) is 19.0 Å². The fraction of sp³-hybridized carbons (Fsp3) is 0.222. The molecule has 0 bridgehead atoms. The van der Waals surface area contributed by atoms with Gasteiger partial charge in [0.15, 0.2) is 11.5 Å². The highest BCUT2D eigenvalue weighted by molar-refractivity contribution is 5.92. The van der Waals surface area contributed by atoms with Crippen molar-refractivity contribution in [1.29, 1.82) is 0 Å². The zero-order valence-electron chi connectivity index (χ0n) is 13.7. The molecule has 6 heteroatoms. The topological polar surface area (TPSA) is 71.5 Å². The molecule has 3 aromatic rings. The molecule has 0 aliphatic carbocycles. The molecule has 0 saturated carbocycles. The molecule has 0 aliphatic rings. The van der Waals surface area contributed by atoms with Gasteiger partial charge in [0, 0.05) is 32.4 Å². The molecule has 0 fully saturated rings. The number of benzene rings is 1. The zero-order chi connectivity index (χ0) is 16.9. The SMILES string of the molecule is CN(C)c1ccc(CCNC(=O)c2cc(-c3ccco3)on2)cc1. The Balaban J connectivity index is 1.52. The highest BCUT2D eigenvalue weighted by Crippen LogP contribution is 2.20. The second-order valence-corrected chi connectivity index (χ2v) is 5.62. The summed E-state index contributed by atoms with van der Waals surface area (Å²) in [6, 6.07) is 13.3. The average molecular weight is 325 g/mol. The third kappa shape index (κ3) is 3.65. The second-order valence-electron chi connectivity index (χ2n) is 5.62. The highest BCUT2D eigenvalue weighted by Gasteiger charge is 2.14. The van der Waals surface area contributed by atoms with Crippen LogP contribution < -0.4 is 10.2 Å². The van der Waals surface area contributed by atoms with Gasteiger partial charge in [-0.2, -0.15) is 0 Å². The van der Waals surface area contributed by atoms with Crippen LogP contribution >= 0.6 is 0 Å². The number of carbonyl (C=O) groups is 1. The van der Waals surface area contributed by atoms with Gasteiger partial charge in [0.25, 0.3) is 5.91 Å². The van der Waals surface area contributed by atoms with E-state index in [4.69, 9.17) is 8.94 Å². The smallest absolute Gasteiger partial charge is 0.273 e. The molecule has 124 valence electrons. The summed E-state index contributed by atoms with van der Waals surface area (Å²) in [5.41, 5.74) is 2.55. The maximum atomic E-state index is 12.1. The first-order valence-corrected chi connectivity index (χ1v) is 7.68. The predicted octanol–water partition coefficient (Wildman–Crippen LogP) is 2.97. The average Bonchev–Trinajstić information content (AvgIpc) is 3.26. The van der Waals surface area contributed by atoms with Crippen molar-refractivity contribution in [2.75, 3.05) is 25.5 Å². The molecular weight excluding hydrogens is 306 g/mol. The molecule has 1 N–H and O–H groups in total. The van der Waals surface area contributed by atoms with Crippen molar-refractivity contribution in [2.45, 2.75) is 6.42 Å². The van der Waals surface area contributed by atoms with Gasteiger partial charge >= 0.3 is 0 Å². The van der Waals surface area contributed by atoms with Crippen LogP contribution in [0, 0.1) is 0 Å². The van der Waals surface area contributed by atoms with E-state index >= 15 is 0 Å². The largest absolute Gasteiger partial charge is 0.461 e. The number of carbonyl (C=O) groups excluding carboxylic acids is 1. The lowest BCUT2D eigenvalue weighted by Crippen LogP contribution is -2.25. The van der Waals surface area contributed by atoms with Gasteiger partial charge in [-0.25, -0.2) is 0 Å². The number of aromatic nitrogens is 1. The lowest BCUT2D eigenvalue weighted by Gasteiger charge is -2.12. The van der Waals surface area contributed by atoms with E-state index in [0.717, 1.165) is 17.7 Å². The summed E-state index contributed by atoms with van der Waals surface area (Å²) in [6.07, 6.45) is 2.29. The zero-order valence-corrected chi connectivity index (χ0v) is 13.7. The monoisotopic (exact) mass is 325 g/mol. The van der Waals surface area contributed by atoms with Crippen LogP contribution in [0.3, 0.4) is 0 Å². The fourth-order valence-corrected chi connectivity index (χ4v) is 2.29. The number of furan rings is 1. The van der Waals surface area contributed by atoms with Gasteiger partial charge in [0.1, 0.15) is 0 Å². The molecule has 24 heavy (non-hydrogen) atoms. The van der Waals surface area contributed by atoms with E-state index in [1.165, 1.54) is 0 Å². The summed E-state index contributed by atoms with van der Waals surface area (Å²) in [7, 11) is 4.01. The minimum absolute atomic E-state index is 0.240. The number of hydrogen-bond acceptors (Lipinski definition) is 5. The number of hydrogen-bond donors (Lipinski definition) is 1. The number of rotatable bonds is 6. The van der Waals surface area contributed by atoms with Gasteiger partial charge in [-0.05, 0) is 36.2 Å². The lowest BCUT2D eigenvalue weighted by molar-refractivity contribution is 0.0945. The number of anilines is 1. The van der Waals surface area contributed by atoms with Crippen molar-refractivity contribution in [3.05, 3.63) is 60.0 Å². The van der Waals surface area contributed by atoms with Gasteiger partial charge in [-0.15, -0.1) is 0 Å². The van der Waals surface area contributed by atoms with Crippen LogP contribution in [0.15, 0.2) is 57.7 Å². The van der Waals surface area contributed by atoms with Crippen molar-refractivity contribution < 1.29 is 13.7 Å². The Morgan fingerprint density at radius 3 is 2.62 bits per heavy atom. The summed E-state index contributed by atoms with van der Waals surface area (Å²) < 4.78 is 10.3. The van der Waals surface area contributed by atoms with Crippen molar-refractivity contribution in [1.82, 2.24) is 10.5 Å². The Kier molecular flexibility index (Phi) is 4.65. The predicted molar refractivity (Wildman–Crippen MR) is 91.0 cm³/mol. The summed E-state index contributed by atoms with van der Waals surface area (Å²) in [5.74, 6) is 0.716. The normalized spacial score (nSPS) is 10.6. The Bertz CT molecular complexity index is 789. The van der Waals surface area contributed by atoms with E-state index in [9.17, 15) is 4.79 Å². The van der Waals surface area contributed by atoms with E-state index < -0.39 is 0 Å². The Hall–Kier alpha value is -3.02. The first-order chi connectivity index (χ1) is 11.6. The van der Waals surface area contributed by atoms with Gasteiger partial charge < -0.3 is 19.2 Å². The Labute approximate surface area is 140 Å². The van der Waals surface area contributed by atoms with Gasteiger partial charge in [-0.1, -0.05) is 17.3 Å². The summed E-state index contributed by atoms with van der Waals surface area (Å²) >= 11 is 0. The molecule has 2 aromatic heterocycles. The van der Waals surface area contributed by atoms with E-state index in [-0.39, 0.29) is 11.6 Å². The van der Waals surface area contributed by atoms with Crippen molar-refractivity contribution in [3.8, 4) is 11.5 Å². The van der Waals surface area contributed by atoms with Crippen LogP contribution in [0.2, 0.25) is 0 Å². The van der Waals surface area contributed by atoms with Crippen LogP contribution in [0.4, 0.5) is 5.69 Å². The minimum atomic E-state index is -0.263. The van der Waals surface area contributed by atoms with Crippen LogP contribution in [-0.4, -0.2) is 31.7 Å². The molecule has 6 nitrogen and oxygen atoms in total. The highest BCUT2D eigenvalue weighted by atomic mass is 16.5. The standard InChI is InChI=1S/C18H19N3O3/c1-21(2)14-7-5-13(6-8-14)9-10-19-18(22)15-12-17(24-20-15)16-4-3-11-23-16/h3-8,11-12H,9-10H2,1-2H3,(H,19,22). The number of nitrogens with one attached hydrogen (secondary N) is 1. The molecule has 1 amide bonds. The third-order valence-corrected chi connectivity index (χ3v) is 3.66. The minimum Gasteiger partial charge on any atom is -0.461 e. The van der Waals surface area contributed by atoms with E-state index in [1.54, 1.807) is 24.5 Å². The molecule has 3 rings (SSSR count). The molecule has 0 radical (unpaired) electrons. The molecular formula is C18H19N3O3. The molecule has 2 heterocycles. The van der Waals surface area contributed by atoms with Gasteiger partial charge in [0.2, 0.25) is 5.76 Å². The maximum absolute atomic E-state index is 12.1. The molecule has 0 aliphatic heterocycles. The van der Waals surface area contributed by atoms with Gasteiger partial charge in [-0.3, -0.25) is 4.79 Å². The molecule has 0 spiro atoms. The fourth-order valence-electron chi connectivity index (χ4n) is 2.29. The second kappa shape index (κ2) is 7.04. The summed E-state index contributed by atoms with van der Waals surface area (Å²) in [4.78, 5) is 14.1. The van der Waals surface area contributed by atoms with Crippen LogP contribution in [0.1, 0.15) is 16.1 Å². The van der Waals surface area contributed by atoms with E-state index in [0.29, 0.717) is 18.1 Å². The van der Waals surface area contributed by atoms with Crippen molar-refractivity contribution in [2.24, 2.45) is 0 Å². The first-order valence-electron chi connectivity index (χ1n) is 7.68.